The first-order chi connectivity index (χ1) is 14.0. The van der Waals surface area contributed by atoms with Crippen molar-refractivity contribution in [2.75, 3.05) is 5.75 Å². The van der Waals surface area contributed by atoms with Crippen molar-refractivity contribution in [2.24, 2.45) is 0 Å². The summed E-state index contributed by atoms with van der Waals surface area (Å²) in [5, 5.41) is 16.9. The molecule has 8 heteroatoms. The van der Waals surface area contributed by atoms with Gasteiger partial charge in [0.1, 0.15) is 6.04 Å². The minimum atomic E-state index is -1.09. The predicted octanol–water partition coefficient (Wildman–Crippen LogP) is 3.02. The topological polar surface area (TPSA) is 94.2 Å². The summed E-state index contributed by atoms with van der Waals surface area (Å²) in [5.74, 6) is -1.27. The van der Waals surface area contributed by atoms with Crippen LogP contribution < -0.4 is 10.6 Å². The van der Waals surface area contributed by atoms with Gasteiger partial charge in [-0.2, -0.15) is 12.6 Å². The molecule has 0 aliphatic carbocycles. The summed E-state index contributed by atoms with van der Waals surface area (Å²) in [6.45, 7) is 0.416. The van der Waals surface area contributed by atoms with Crippen molar-refractivity contribution in [1.29, 1.82) is 0 Å². The number of carboxylic acids is 1. The lowest BCUT2D eigenvalue weighted by molar-refractivity contribution is -0.142. The monoisotopic (exact) mass is 431 g/mol. The number of nitrogens with one attached hydrogen (secondary N) is 3. The van der Waals surface area contributed by atoms with Crippen LogP contribution in [0.1, 0.15) is 11.1 Å². The Labute approximate surface area is 179 Å². The lowest BCUT2D eigenvalue weighted by Gasteiger charge is -2.20. The van der Waals surface area contributed by atoms with Crippen LogP contribution in [0.15, 0.2) is 54.7 Å². The van der Waals surface area contributed by atoms with Gasteiger partial charge in [-0.3, -0.25) is 4.79 Å². The lowest BCUT2D eigenvalue weighted by Crippen LogP contribution is -2.51. The lowest BCUT2D eigenvalue weighted by atomic mass is 10.0. The maximum absolute atomic E-state index is 12.6. The number of carbonyl (C=O) groups excluding carboxylic acids is 1. The first-order valence-corrected chi connectivity index (χ1v) is 10.2. The summed E-state index contributed by atoms with van der Waals surface area (Å²) in [7, 11) is 0. The van der Waals surface area contributed by atoms with Crippen LogP contribution in [-0.4, -0.2) is 39.8 Å². The summed E-state index contributed by atoms with van der Waals surface area (Å²) in [4.78, 5) is 27.5. The molecule has 6 nitrogen and oxygen atoms in total. The fourth-order valence-electron chi connectivity index (χ4n) is 3.12. The SMILES string of the molecule is O=C(O)[C@H](Cc1c[nH]c2ccccc12)NC(=O)[C@H](CS)NCc1cccc(Cl)c1. The highest BCUT2D eigenvalue weighted by atomic mass is 35.5. The summed E-state index contributed by atoms with van der Waals surface area (Å²) >= 11 is 10.2. The van der Waals surface area contributed by atoms with Crippen LogP contribution in [0.3, 0.4) is 0 Å². The number of hydrogen-bond acceptors (Lipinski definition) is 4. The molecule has 0 radical (unpaired) electrons. The number of amides is 1. The zero-order valence-electron chi connectivity index (χ0n) is 15.6. The number of aromatic amines is 1. The highest BCUT2D eigenvalue weighted by molar-refractivity contribution is 7.80. The van der Waals surface area contributed by atoms with E-state index in [-0.39, 0.29) is 12.2 Å². The Kier molecular flexibility index (Phi) is 7.19. The molecule has 0 saturated heterocycles. The van der Waals surface area contributed by atoms with Gasteiger partial charge < -0.3 is 20.7 Å². The molecule has 4 N–H and O–H groups in total. The molecule has 2 atom stereocenters. The second-order valence-electron chi connectivity index (χ2n) is 6.71. The van der Waals surface area contributed by atoms with E-state index >= 15 is 0 Å². The van der Waals surface area contributed by atoms with Crippen LogP contribution in [-0.2, 0) is 22.6 Å². The largest absolute Gasteiger partial charge is 0.480 e. The van der Waals surface area contributed by atoms with Crippen molar-refractivity contribution < 1.29 is 14.7 Å². The number of benzene rings is 2. The normalized spacial score (nSPS) is 13.2. The maximum Gasteiger partial charge on any atom is 0.326 e. The molecule has 29 heavy (non-hydrogen) atoms. The van der Waals surface area contributed by atoms with Crippen molar-refractivity contribution in [3.8, 4) is 0 Å². The number of hydrogen-bond donors (Lipinski definition) is 5. The molecule has 1 heterocycles. The molecule has 2 aromatic carbocycles. The van der Waals surface area contributed by atoms with Gasteiger partial charge in [0.05, 0.1) is 6.04 Å². The van der Waals surface area contributed by atoms with Gasteiger partial charge in [-0.05, 0) is 29.3 Å². The summed E-state index contributed by atoms with van der Waals surface area (Å²) in [6, 6.07) is 13.3. The van der Waals surface area contributed by atoms with E-state index in [1.165, 1.54) is 0 Å². The Morgan fingerprint density at radius 2 is 1.93 bits per heavy atom. The maximum atomic E-state index is 12.6. The van der Waals surface area contributed by atoms with Crippen LogP contribution in [0.2, 0.25) is 5.02 Å². The van der Waals surface area contributed by atoms with Gasteiger partial charge >= 0.3 is 5.97 Å². The molecular formula is C21H22ClN3O3S. The van der Waals surface area contributed by atoms with Crippen molar-refractivity contribution in [3.05, 3.63) is 70.9 Å². The summed E-state index contributed by atoms with van der Waals surface area (Å²) in [5.41, 5.74) is 2.68. The number of fused-ring (bicyclic) bond motifs is 1. The average Bonchev–Trinajstić information content (AvgIpc) is 3.11. The second kappa shape index (κ2) is 9.82. The Hall–Kier alpha value is -2.48. The van der Waals surface area contributed by atoms with Gasteiger partial charge in [-0.15, -0.1) is 0 Å². The summed E-state index contributed by atoms with van der Waals surface area (Å²) < 4.78 is 0. The van der Waals surface area contributed by atoms with Crippen LogP contribution in [0.5, 0.6) is 0 Å². The highest BCUT2D eigenvalue weighted by Gasteiger charge is 2.25. The van der Waals surface area contributed by atoms with Crippen molar-refractivity contribution in [1.82, 2.24) is 15.6 Å². The van der Waals surface area contributed by atoms with E-state index in [0.717, 1.165) is 22.0 Å². The minimum Gasteiger partial charge on any atom is -0.480 e. The van der Waals surface area contributed by atoms with Gasteiger partial charge in [-0.25, -0.2) is 4.79 Å². The van der Waals surface area contributed by atoms with Crippen molar-refractivity contribution in [2.45, 2.75) is 25.0 Å². The van der Waals surface area contributed by atoms with Gasteiger partial charge in [0.15, 0.2) is 0 Å². The number of thiol groups is 1. The number of carbonyl (C=O) groups is 2. The Balaban J connectivity index is 1.65. The predicted molar refractivity (Wildman–Crippen MR) is 118 cm³/mol. The number of aliphatic carboxylic acids is 1. The first-order valence-electron chi connectivity index (χ1n) is 9.14. The number of para-hydroxylation sites is 1. The Morgan fingerprint density at radius 1 is 1.14 bits per heavy atom. The van der Waals surface area contributed by atoms with Gasteiger partial charge in [0, 0.05) is 40.8 Å². The molecule has 0 bridgehead atoms. The molecule has 0 saturated carbocycles. The molecule has 152 valence electrons. The zero-order chi connectivity index (χ0) is 20.8. The third-order valence-corrected chi connectivity index (χ3v) is 5.25. The first kappa shape index (κ1) is 21.2. The smallest absolute Gasteiger partial charge is 0.326 e. The molecule has 0 unspecified atom stereocenters. The number of aromatic nitrogens is 1. The van der Waals surface area contributed by atoms with E-state index in [4.69, 9.17) is 11.6 Å². The molecule has 3 rings (SSSR count). The van der Waals surface area contributed by atoms with E-state index in [2.05, 4.69) is 28.2 Å². The molecular weight excluding hydrogens is 410 g/mol. The van der Waals surface area contributed by atoms with Crippen LogP contribution in [0, 0.1) is 0 Å². The molecule has 1 amide bonds. The van der Waals surface area contributed by atoms with Crippen molar-refractivity contribution >= 4 is 47.0 Å². The fourth-order valence-corrected chi connectivity index (χ4v) is 3.63. The highest BCUT2D eigenvalue weighted by Crippen LogP contribution is 2.19. The van der Waals surface area contributed by atoms with E-state index < -0.39 is 24.0 Å². The van der Waals surface area contributed by atoms with E-state index in [1.807, 2.05) is 36.4 Å². The van der Waals surface area contributed by atoms with Crippen LogP contribution >= 0.6 is 24.2 Å². The molecule has 3 aromatic rings. The van der Waals surface area contributed by atoms with Crippen molar-refractivity contribution in [3.63, 3.8) is 0 Å². The number of rotatable bonds is 9. The number of carboxylic acid groups (broad SMARTS) is 1. The quantitative estimate of drug-likeness (QED) is 0.337. The average molecular weight is 432 g/mol. The van der Waals surface area contributed by atoms with Crippen LogP contribution in [0.4, 0.5) is 0 Å². The second-order valence-corrected chi connectivity index (χ2v) is 7.51. The van der Waals surface area contributed by atoms with Gasteiger partial charge in [0.2, 0.25) is 5.91 Å². The number of H-pyrrole nitrogens is 1. The fraction of sp³-hybridized carbons (Fsp3) is 0.238. The van der Waals surface area contributed by atoms with Gasteiger partial charge in [-0.1, -0.05) is 41.9 Å². The molecule has 0 fully saturated rings. The van der Waals surface area contributed by atoms with E-state index in [9.17, 15) is 14.7 Å². The van der Waals surface area contributed by atoms with E-state index in [1.54, 1.807) is 18.3 Å². The van der Waals surface area contributed by atoms with E-state index in [0.29, 0.717) is 11.6 Å². The third-order valence-electron chi connectivity index (χ3n) is 4.65. The molecule has 1 aromatic heterocycles. The van der Waals surface area contributed by atoms with Crippen LogP contribution in [0.25, 0.3) is 10.9 Å². The minimum absolute atomic E-state index is 0.179. The molecule has 0 aliphatic rings. The Morgan fingerprint density at radius 3 is 2.66 bits per heavy atom. The number of halogens is 1. The standard InChI is InChI=1S/C21H22ClN3O3S/c22-15-5-3-4-13(8-15)10-23-19(12-29)20(26)25-18(21(27)28)9-14-11-24-17-7-2-1-6-16(14)17/h1-8,11,18-19,23-24,29H,9-10,12H2,(H,25,26)(H,27,28)/t18-,19-/m0/s1. The molecule has 0 spiro atoms. The zero-order valence-corrected chi connectivity index (χ0v) is 17.2. The van der Waals surface area contributed by atoms with Gasteiger partial charge in [0.25, 0.3) is 0 Å². The molecule has 0 aliphatic heterocycles. The third kappa shape index (κ3) is 5.53. The summed E-state index contributed by atoms with van der Waals surface area (Å²) in [6.07, 6.45) is 1.96. The Bertz CT molecular complexity index is 1010.